The zero-order chi connectivity index (χ0) is 13.8. The molecule has 4 saturated carbocycles. The summed E-state index contributed by atoms with van der Waals surface area (Å²) in [6.07, 6.45) is 12.8. The van der Waals surface area contributed by atoms with Crippen molar-refractivity contribution in [3.8, 4) is 0 Å². The third kappa shape index (κ3) is 2.54. The van der Waals surface area contributed by atoms with Crippen LogP contribution in [0.15, 0.2) is 0 Å². The van der Waals surface area contributed by atoms with Crippen LogP contribution in [-0.4, -0.2) is 35.2 Å². The Kier molecular flexibility index (Phi) is 3.20. The van der Waals surface area contributed by atoms with Crippen LogP contribution in [-0.2, 0) is 0 Å². The maximum atomic E-state index is 10.3. The molecular formula is C18H31NO. The highest BCUT2D eigenvalue weighted by Gasteiger charge is 2.50. The molecule has 5 rings (SSSR count). The van der Waals surface area contributed by atoms with E-state index in [1.165, 1.54) is 45.2 Å². The molecule has 20 heavy (non-hydrogen) atoms. The van der Waals surface area contributed by atoms with E-state index < -0.39 is 5.60 Å². The van der Waals surface area contributed by atoms with Gasteiger partial charge < -0.3 is 10.0 Å². The molecule has 1 heterocycles. The van der Waals surface area contributed by atoms with Crippen LogP contribution in [0.25, 0.3) is 0 Å². The first-order chi connectivity index (χ1) is 9.52. The second-order valence-electron chi connectivity index (χ2n) is 9.04. The maximum Gasteiger partial charge on any atom is 0.0746 e. The molecule has 4 aliphatic carbocycles. The van der Waals surface area contributed by atoms with Crippen LogP contribution in [0.5, 0.6) is 0 Å². The largest absolute Gasteiger partial charge is 0.389 e. The van der Waals surface area contributed by atoms with Gasteiger partial charge in [-0.05, 0) is 101 Å². The summed E-state index contributed by atoms with van der Waals surface area (Å²) in [5, 5.41) is 10.3. The van der Waals surface area contributed by atoms with E-state index in [0.717, 1.165) is 30.7 Å². The molecule has 5 fully saturated rings. The van der Waals surface area contributed by atoms with Crippen molar-refractivity contribution in [3.05, 3.63) is 0 Å². The van der Waals surface area contributed by atoms with Crippen LogP contribution in [0.2, 0.25) is 0 Å². The van der Waals surface area contributed by atoms with Gasteiger partial charge in [-0.1, -0.05) is 0 Å². The fraction of sp³-hybridized carbons (Fsp3) is 1.00. The van der Waals surface area contributed by atoms with Crippen LogP contribution >= 0.6 is 0 Å². The van der Waals surface area contributed by atoms with Crippen molar-refractivity contribution in [3.63, 3.8) is 0 Å². The molecule has 0 amide bonds. The Morgan fingerprint density at radius 3 is 2.20 bits per heavy atom. The van der Waals surface area contributed by atoms with Gasteiger partial charge in [-0.2, -0.15) is 0 Å². The van der Waals surface area contributed by atoms with E-state index in [-0.39, 0.29) is 0 Å². The first kappa shape index (κ1) is 13.6. The molecule has 0 aromatic rings. The molecule has 1 N–H and O–H groups in total. The summed E-state index contributed by atoms with van der Waals surface area (Å²) in [4.78, 5) is 2.54. The lowest BCUT2D eigenvalue weighted by molar-refractivity contribution is -0.0687. The zero-order valence-corrected chi connectivity index (χ0v) is 13.1. The first-order valence-electron chi connectivity index (χ1n) is 8.97. The summed E-state index contributed by atoms with van der Waals surface area (Å²) < 4.78 is 0. The Bertz CT molecular complexity index is 340. The Labute approximate surface area is 123 Å². The fourth-order valence-electron chi connectivity index (χ4n) is 6.51. The van der Waals surface area contributed by atoms with Crippen LogP contribution < -0.4 is 0 Å². The van der Waals surface area contributed by atoms with E-state index in [4.69, 9.17) is 0 Å². The van der Waals surface area contributed by atoms with Crippen molar-refractivity contribution in [1.82, 2.24) is 4.90 Å². The summed E-state index contributed by atoms with van der Waals surface area (Å²) >= 11 is 0. The SMILES string of the molecule is CC1(O)CCCN(CCC23CC4CC(CC(C4)C2)C3)C1. The highest BCUT2D eigenvalue weighted by molar-refractivity contribution is 5.01. The third-order valence-corrected chi connectivity index (χ3v) is 6.88. The molecular weight excluding hydrogens is 246 g/mol. The Hall–Kier alpha value is -0.0800. The third-order valence-electron chi connectivity index (χ3n) is 6.88. The average Bonchev–Trinajstić information content (AvgIpc) is 2.34. The monoisotopic (exact) mass is 277 g/mol. The summed E-state index contributed by atoms with van der Waals surface area (Å²) in [6.45, 7) is 5.37. The molecule has 1 unspecified atom stereocenters. The van der Waals surface area contributed by atoms with Crippen LogP contribution in [0.3, 0.4) is 0 Å². The molecule has 4 bridgehead atoms. The number of likely N-dealkylation sites (tertiary alicyclic amines) is 1. The molecule has 0 aromatic heterocycles. The van der Waals surface area contributed by atoms with Gasteiger partial charge in [0, 0.05) is 6.54 Å². The molecule has 0 spiro atoms. The smallest absolute Gasteiger partial charge is 0.0746 e. The minimum absolute atomic E-state index is 0.431. The van der Waals surface area contributed by atoms with Gasteiger partial charge in [-0.25, -0.2) is 0 Å². The predicted molar refractivity (Wildman–Crippen MR) is 81.5 cm³/mol. The average molecular weight is 277 g/mol. The van der Waals surface area contributed by atoms with E-state index in [1.807, 2.05) is 6.92 Å². The zero-order valence-electron chi connectivity index (χ0n) is 13.1. The molecule has 114 valence electrons. The first-order valence-corrected chi connectivity index (χ1v) is 8.97. The Morgan fingerprint density at radius 2 is 1.65 bits per heavy atom. The van der Waals surface area contributed by atoms with Crippen molar-refractivity contribution >= 4 is 0 Å². The number of aliphatic hydroxyl groups is 1. The van der Waals surface area contributed by atoms with Crippen molar-refractivity contribution in [2.75, 3.05) is 19.6 Å². The van der Waals surface area contributed by atoms with E-state index in [1.54, 1.807) is 19.3 Å². The number of rotatable bonds is 3. The Morgan fingerprint density at radius 1 is 1.05 bits per heavy atom. The number of hydrogen-bond donors (Lipinski definition) is 1. The minimum atomic E-state index is -0.431. The fourth-order valence-corrected chi connectivity index (χ4v) is 6.51. The van der Waals surface area contributed by atoms with Gasteiger partial charge in [0.15, 0.2) is 0 Å². The van der Waals surface area contributed by atoms with Crippen LogP contribution in [0, 0.1) is 23.2 Å². The molecule has 1 saturated heterocycles. The van der Waals surface area contributed by atoms with Gasteiger partial charge in [-0.3, -0.25) is 0 Å². The molecule has 5 aliphatic rings. The normalized spacial score (nSPS) is 51.6. The lowest BCUT2D eigenvalue weighted by Crippen LogP contribution is -2.50. The summed E-state index contributed by atoms with van der Waals surface area (Å²) in [5.74, 6) is 3.22. The summed E-state index contributed by atoms with van der Waals surface area (Å²) in [7, 11) is 0. The lowest BCUT2D eigenvalue weighted by atomic mass is 9.49. The topological polar surface area (TPSA) is 23.5 Å². The highest BCUT2D eigenvalue weighted by Crippen LogP contribution is 2.61. The van der Waals surface area contributed by atoms with Gasteiger partial charge in [0.2, 0.25) is 0 Å². The van der Waals surface area contributed by atoms with Crippen molar-refractivity contribution < 1.29 is 5.11 Å². The number of piperidine rings is 1. The molecule has 1 aliphatic heterocycles. The summed E-state index contributed by atoms with van der Waals surface area (Å²) in [6, 6.07) is 0. The number of β-amino-alcohol motifs (C(OH)–C–C–N with tert-alkyl or cyclic N) is 1. The Balaban J connectivity index is 1.37. The maximum absolute atomic E-state index is 10.3. The van der Waals surface area contributed by atoms with Crippen LogP contribution in [0.1, 0.15) is 64.7 Å². The molecule has 0 aromatic carbocycles. The molecule has 2 nitrogen and oxygen atoms in total. The number of hydrogen-bond acceptors (Lipinski definition) is 2. The van der Waals surface area contributed by atoms with Gasteiger partial charge in [-0.15, -0.1) is 0 Å². The second kappa shape index (κ2) is 4.71. The van der Waals surface area contributed by atoms with Gasteiger partial charge >= 0.3 is 0 Å². The van der Waals surface area contributed by atoms with Gasteiger partial charge in [0.05, 0.1) is 5.60 Å². The second-order valence-corrected chi connectivity index (χ2v) is 9.04. The molecule has 2 heteroatoms. The minimum Gasteiger partial charge on any atom is -0.389 e. The lowest BCUT2D eigenvalue weighted by Gasteiger charge is -2.57. The highest BCUT2D eigenvalue weighted by atomic mass is 16.3. The standard InChI is InChI=1S/C18H31NO/c1-17(20)3-2-5-19(13-17)6-4-18-10-14-7-15(11-18)9-16(8-14)12-18/h14-16,20H,2-13H2,1H3. The van der Waals surface area contributed by atoms with Crippen molar-refractivity contribution in [2.45, 2.75) is 70.3 Å². The van der Waals surface area contributed by atoms with E-state index >= 15 is 0 Å². The van der Waals surface area contributed by atoms with Gasteiger partial charge in [0.1, 0.15) is 0 Å². The predicted octanol–water partition coefficient (Wildman–Crippen LogP) is 3.44. The van der Waals surface area contributed by atoms with Crippen LogP contribution in [0.4, 0.5) is 0 Å². The quantitative estimate of drug-likeness (QED) is 0.854. The van der Waals surface area contributed by atoms with Crippen molar-refractivity contribution in [2.24, 2.45) is 23.2 Å². The number of nitrogens with zero attached hydrogens (tertiary/aromatic N) is 1. The summed E-state index contributed by atoms with van der Waals surface area (Å²) in [5.41, 5.74) is 0.276. The molecule has 1 atom stereocenters. The van der Waals surface area contributed by atoms with Crippen molar-refractivity contribution in [1.29, 1.82) is 0 Å². The molecule has 0 radical (unpaired) electrons. The van der Waals surface area contributed by atoms with Gasteiger partial charge in [0.25, 0.3) is 0 Å². The van der Waals surface area contributed by atoms with E-state index in [0.29, 0.717) is 5.41 Å². The van der Waals surface area contributed by atoms with E-state index in [9.17, 15) is 5.11 Å². The van der Waals surface area contributed by atoms with E-state index in [2.05, 4.69) is 4.90 Å².